The van der Waals surface area contributed by atoms with Crippen LogP contribution in [0, 0.1) is 18.3 Å². The molecule has 1 aromatic heterocycles. The summed E-state index contributed by atoms with van der Waals surface area (Å²) in [5, 5.41) is 17.7. The molecule has 0 bridgehead atoms. The number of fused-ring (bicyclic) bond motifs is 1. The molecule has 1 unspecified atom stereocenters. The Morgan fingerprint density at radius 1 is 1.26 bits per heavy atom. The molecule has 2 aromatic carbocycles. The number of nitrogens with two attached hydrogens (primary N) is 1. The highest BCUT2D eigenvalue weighted by Crippen LogP contribution is 2.46. The molecule has 2 heterocycles. The second kappa shape index (κ2) is 8.42. The fraction of sp³-hybridized carbons (Fsp3) is 0.182. The third kappa shape index (κ3) is 3.88. The highest BCUT2D eigenvalue weighted by Gasteiger charge is 2.35. The van der Waals surface area contributed by atoms with Crippen LogP contribution in [0.1, 0.15) is 28.3 Å². The number of aryl methyl sites for hydroxylation is 1. The maximum Gasteiger partial charge on any atom is 0.244 e. The second-order valence-corrected chi connectivity index (χ2v) is 7.79. The predicted molar refractivity (Wildman–Crippen MR) is 116 cm³/mol. The largest absolute Gasteiger partial charge is 0.493 e. The summed E-state index contributed by atoms with van der Waals surface area (Å²) < 4.78 is 17.0. The van der Waals surface area contributed by atoms with Crippen molar-refractivity contribution in [2.24, 2.45) is 5.73 Å². The zero-order chi connectivity index (χ0) is 22.1. The molecule has 0 radical (unpaired) electrons. The van der Waals surface area contributed by atoms with E-state index in [0.29, 0.717) is 33.0 Å². The predicted octanol–water partition coefficient (Wildman–Crippen LogP) is 4.83. The quantitative estimate of drug-likeness (QED) is 0.569. The Labute approximate surface area is 188 Å². The molecule has 9 heteroatoms. The van der Waals surface area contributed by atoms with E-state index >= 15 is 0 Å². The van der Waals surface area contributed by atoms with Crippen LogP contribution in [0.2, 0.25) is 10.0 Å². The molecule has 1 aliphatic rings. The first-order valence-corrected chi connectivity index (χ1v) is 10.1. The molecular formula is C22H18Cl2N4O3. The Kier molecular flexibility index (Phi) is 5.68. The second-order valence-electron chi connectivity index (χ2n) is 6.94. The molecule has 0 fully saturated rings. The van der Waals surface area contributed by atoms with Gasteiger partial charge in [0.2, 0.25) is 11.8 Å². The summed E-state index contributed by atoms with van der Waals surface area (Å²) in [6.07, 6.45) is 0. The van der Waals surface area contributed by atoms with E-state index in [1.165, 1.54) is 7.11 Å². The van der Waals surface area contributed by atoms with Crippen LogP contribution in [-0.2, 0) is 6.61 Å². The van der Waals surface area contributed by atoms with Crippen molar-refractivity contribution in [1.82, 2.24) is 10.2 Å². The van der Waals surface area contributed by atoms with Crippen molar-refractivity contribution in [3.05, 3.63) is 80.3 Å². The molecule has 0 amide bonds. The zero-order valence-electron chi connectivity index (χ0n) is 16.7. The van der Waals surface area contributed by atoms with Crippen LogP contribution in [0.3, 0.4) is 0 Å². The Bertz CT molecular complexity index is 1210. The first kappa shape index (κ1) is 20.9. The van der Waals surface area contributed by atoms with Crippen LogP contribution in [-0.4, -0.2) is 17.3 Å². The zero-order valence-corrected chi connectivity index (χ0v) is 18.2. The Morgan fingerprint density at radius 3 is 2.68 bits per heavy atom. The number of aromatic nitrogens is 2. The van der Waals surface area contributed by atoms with E-state index in [2.05, 4.69) is 16.3 Å². The van der Waals surface area contributed by atoms with Crippen LogP contribution >= 0.6 is 23.2 Å². The number of rotatable bonds is 5. The van der Waals surface area contributed by atoms with Crippen molar-refractivity contribution in [3.63, 3.8) is 0 Å². The number of allylic oxidation sites excluding steroid dienone is 1. The molecule has 0 spiro atoms. The molecule has 0 saturated carbocycles. The number of benzene rings is 2. The Morgan fingerprint density at radius 2 is 2.00 bits per heavy atom. The van der Waals surface area contributed by atoms with Crippen molar-refractivity contribution in [3.8, 4) is 23.4 Å². The van der Waals surface area contributed by atoms with Gasteiger partial charge in [-0.3, -0.25) is 5.10 Å². The number of nitriles is 1. The van der Waals surface area contributed by atoms with E-state index in [9.17, 15) is 5.26 Å². The number of nitrogens with zero attached hydrogens (tertiary/aromatic N) is 2. The molecule has 158 valence electrons. The topological polar surface area (TPSA) is 106 Å². The van der Waals surface area contributed by atoms with Crippen LogP contribution in [0.5, 0.6) is 17.4 Å². The molecule has 4 rings (SSSR count). The molecule has 0 aliphatic carbocycles. The minimum Gasteiger partial charge on any atom is -0.493 e. The maximum atomic E-state index is 9.73. The van der Waals surface area contributed by atoms with Gasteiger partial charge in [0.1, 0.15) is 18.2 Å². The molecule has 3 aromatic rings. The van der Waals surface area contributed by atoms with Gasteiger partial charge in [0.25, 0.3) is 0 Å². The van der Waals surface area contributed by atoms with Crippen molar-refractivity contribution >= 4 is 23.2 Å². The van der Waals surface area contributed by atoms with Crippen LogP contribution in [0.25, 0.3) is 0 Å². The first-order chi connectivity index (χ1) is 14.9. The number of aromatic amines is 1. The summed E-state index contributed by atoms with van der Waals surface area (Å²) in [6.45, 7) is 2.13. The van der Waals surface area contributed by atoms with Gasteiger partial charge in [0, 0.05) is 16.3 Å². The minimum atomic E-state index is -0.510. The van der Waals surface area contributed by atoms with Gasteiger partial charge in [-0.15, -0.1) is 5.10 Å². The number of nitrogens with one attached hydrogen (secondary N) is 1. The van der Waals surface area contributed by atoms with Gasteiger partial charge >= 0.3 is 0 Å². The van der Waals surface area contributed by atoms with E-state index in [1.54, 1.807) is 24.3 Å². The standard InChI is InChI=1S/C22H18Cl2N4O3/c1-11-18-19(15(9-25)21(26)31-22(18)28-27-11)13-7-16(24)20(17(8-13)29-2)30-10-12-3-5-14(23)6-4-12/h3-8,19H,10,26H2,1-2H3,(H,27,28). The lowest BCUT2D eigenvalue weighted by atomic mass is 9.84. The monoisotopic (exact) mass is 456 g/mol. The third-order valence-corrected chi connectivity index (χ3v) is 5.54. The number of hydrogen-bond acceptors (Lipinski definition) is 6. The van der Waals surface area contributed by atoms with Gasteiger partial charge in [-0.1, -0.05) is 35.3 Å². The van der Waals surface area contributed by atoms with Crippen molar-refractivity contribution < 1.29 is 14.2 Å². The molecule has 3 N–H and O–H groups in total. The summed E-state index contributed by atoms with van der Waals surface area (Å²) in [5.74, 6) is 0.655. The average Bonchev–Trinajstić information content (AvgIpc) is 3.12. The van der Waals surface area contributed by atoms with Crippen LogP contribution < -0.4 is 19.9 Å². The van der Waals surface area contributed by atoms with Crippen molar-refractivity contribution in [1.29, 1.82) is 5.26 Å². The fourth-order valence-electron chi connectivity index (χ4n) is 3.51. The van der Waals surface area contributed by atoms with E-state index < -0.39 is 5.92 Å². The van der Waals surface area contributed by atoms with Gasteiger partial charge in [-0.2, -0.15) is 5.26 Å². The van der Waals surface area contributed by atoms with Gasteiger partial charge in [0.15, 0.2) is 11.5 Å². The molecule has 7 nitrogen and oxygen atoms in total. The van der Waals surface area contributed by atoms with E-state index in [4.69, 9.17) is 43.1 Å². The summed E-state index contributed by atoms with van der Waals surface area (Å²) in [6, 6.07) is 13.0. The highest BCUT2D eigenvalue weighted by atomic mass is 35.5. The summed E-state index contributed by atoms with van der Waals surface area (Å²) in [7, 11) is 1.53. The lowest BCUT2D eigenvalue weighted by molar-refractivity contribution is 0.284. The smallest absolute Gasteiger partial charge is 0.244 e. The fourth-order valence-corrected chi connectivity index (χ4v) is 3.91. The normalized spacial score (nSPS) is 15.1. The number of hydrogen-bond donors (Lipinski definition) is 2. The Balaban J connectivity index is 1.73. The number of H-pyrrole nitrogens is 1. The lowest BCUT2D eigenvalue weighted by Gasteiger charge is -2.24. The maximum absolute atomic E-state index is 9.73. The SMILES string of the molecule is COc1cc(C2C(C#N)=C(N)Oc3n[nH]c(C)c32)cc(Cl)c1OCc1ccc(Cl)cc1. The lowest BCUT2D eigenvalue weighted by Crippen LogP contribution is -2.21. The summed E-state index contributed by atoms with van der Waals surface area (Å²) in [5.41, 5.74) is 9.37. The number of halogens is 2. The van der Waals surface area contributed by atoms with Gasteiger partial charge < -0.3 is 19.9 Å². The van der Waals surface area contributed by atoms with Crippen molar-refractivity contribution in [2.45, 2.75) is 19.4 Å². The highest BCUT2D eigenvalue weighted by molar-refractivity contribution is 6.32. The average molecular weight is 457 g/mol. The Hall–Kier alpha value is -3.34. The molecule has 31 heavy (non-hydrogen) atoms. The van der Waals surface area contributed by atoms with Gasteiger partial charge in [-0.25, -0.2) is 0 Å². The van der Waals surface area contributed by atoms with E-state index in [-0.39, 0.29) is 18.1 Å². The summed E-state index contributed by atoms with van der Waals surface area (Å²) in [4.78, 5) is 0. The number of ether oxygens (including phenoxy) is 3. The molecule has 1 aliphatic heterocycles. The van der Waals surface area contributed by atoms with E-state index in [0.717, 1.165) is 16.8 Å². The summed E-state index contributed by atoms with van der Waals surface area (Å²) >= 11 is 12.5. The first-order valence-electron chi connectivity index (χ1n) is 9.30. The molecule has 0 saturated heterocycles. The van der Waals surface area contributed by atoms with Gasteiger partial charge in [-0.05, 0) is 42.3 Å². The minimum absolute atomic E-state index is 0.00431. The van der Waals surface area contributed by atoms with Gasteiger partial charge in [0.05, 0.1) is 18.1 Å². The molecule has 1 atom stereocenters. The van der Waals surface area contributed by atoms with Crippen molar-refractivity contribution in [2.75, 3.05) is 7.11 Å². The van der Waals surface area contributed by atoms with Crippen LogP contribution in [0.15, 0.2) is 47.9 Å². The van der Waals surface area contributed by atoms with E-state index in [1.807, 2.05) is 19.1 Å². The third-order valence-electron chi connectivity index (χ3n) is 5.01. The number of methoxy groups -OCH3 is 1. The molecular weight excluding hydrogens is 439 g/mol. The van der Waals surface area contributed by atoms with Crippen LogP contribution in [0.4, 0.5) is 0 Å².